The Bertz CT molecular complexity index is 396. The summed E-state index contributed by atoms with van der Waals surface area (Å²) in [4.78, 5) is 11.7. The zero-order valence-corrected chi connectivity index (χ0v) is 11.1. The number of amides is 2. The summed E-state index contributed by atoms with van der Waals surface area (Å²) in [5.74, 6) is 0.367. The minimum atomic E-state index is -0.528. The highest BCUT2D eigenvalue weighted by atomic mass is 19.1. The van der Waals surface area contributed by atoms with Crippen molar-refractivity contribution in [2.24, 2.45) is 0 Å². The lowest BCUT2D eigenvalue weighted by molar-refractivity contribution is 0.228. The summed E-state index contributed by atoms with van der Waals surface area (Å²) in [6.07, 6.45) is 4.42. The van der Waals surface area contributed by atoms with E-state index in [-0.39, 0.29) is 18.6 Å². The average Bonchev–Trinajstić information content (AvgIpc) is 2.46. The summed E-state index contributed by atoms with van der Waals surface area (Å²) >= 11 is 0. The van der Waals surface area contributed by atoms with E-state index in [2.05, 4.69) is 22.8 Å². The van der Waals surface area contributed by atoms with Crippen molar-refractivity contribution in [3.63, 3.8) is 0 Å². The number of rotatable bonds is 4. The van der Waals surface area contributed by atoms with E-state index in [1.807, 2.05) is 18.2 Å². The van der Waals surface area contributed by atoms with Crippen molar-refractivity contribution in [1.82, 2.24) is 10.6 Å². The normalized spacial score (nSPS) is 22.8. The van der Waals surface area contributed by atoms with Gasteiger partial charge < -0.3 is 10.6 Å². The first-order chi connectivity index (χ1) is 9.31. The molecule has 2 N–H and O–H groups in total. The number of benzene rings is 1. The molecule has 0 bridgehead atoms. The molecule has 0 aliphatic heterocycles. The lowest BCUT2D eigenvalue weighted by Crippen LogP contribution is -2.46. The van der Waals surface area contributed by atoms with Crippen molar-refractivity contribution in [2.75, 3.05) is 13.2 Å². The molecule has 1 fully saturated rings. The molecule has 4 heteroatoms. The van der Waals surface area contributed by atoms with Gasteiger partial charge in [0, 0.05) is 18.5 Å². The Labute approximate surface area is 113 Å². The van der Waals surface area contributed by atoms with Gasteiger partial charge in [0.05, 0.1) is 0 Å². The van der Waals surface area contributed by atoms with Gasteiger partial charge in [0.25, 0.3) is 0 Å². The van der Waals surface area contributed by atoms with Crippen LogP contribution in [0.15, 0.2) is 30.3 Å². The van der Waals surface area contributed by atoms with Crippen LogP contribution in [0.2, 0.25) is 0 Å². The van der Waals surface area contributed by atoms with Gasteiger partial charge in [0.1, 0.15) is 6.67 Å². The van der Waals surface area contributed by atoms with Crippen molar-refractivity contribution in [1.29, 1.82) is 0 Å². The minimum absolute atomic E-state index is 0.0779. The van der Waals surface area contributed by atoms with Crippen molar-refractivity contribution in [3.8, 4) is 0 Å². The molecule has 0 saturated heterocycles. The Morgan fingerprint density at radius 3 is 2.68 bits per heavy atom. The molecular formula is C15H21FN2O. The van der Waals surface area contributed by atoms with Crippen LogP contribution in [0.3, 0.4) is 0 Å². The molecule has 0 spiro atoms. The van der Waals surface area contributed by atoms with E-state index in [9.17, 15) is 9.18 Å². The van der Waals surface area contributed by atoms with E-state index in [0.29, 0.717) is 5.92 Å². The Morgan fingerprint density at radius 1 is 1.21 bits per heavy atom. The molecule has 2 atom stereocenters. The van der Waals surface area contributed by atoms with Gasteiger partial charge in [0.2, 0.25) is 0 Å². The summed E-state index contributed by atoms with van der Waals surface area (Å²) in [6.45, 7) is -0.450. The lowest BCUT2D eigenvalue weighted by Gasteiger charge is -2.32. The maximum Gasteiger partial charge on any atom is 0.315 e. The zero-order chi connectivity index (χ0) is 13.5. The van der Waals surface area contributed by atoms with Crippen molar-refractivity contribution < 1.29 is 9.18 Å². The van der Waals surface area contributed by atoms with Crippen molar-refractivity contribution in [2.45, 2.75) is 37.6 Å². The molecule has 1 aromatic rings. The number of alkyl halides is 1. The number of urea groups is 1. The summed E-state index contributed by atoms with van der Waals surface area (Å²) in [7, 11) is 0. The molecule has 1 saturated carbocycles. The first-order valence-corrected chi connectivity index (χ1v) is 6.96. The second kappa shape index (κ2) is 7.12. The third-order valence-electron chi connectivity index (χ3n) is 3.69. The molecule has 0 radical (unpaired) electrons. The van der Waals surface area contributed by atoms with E-state index >= 15 is 0 Å². The second-order valence-corrected chi connectivity index (χ2v) is 5.00. The molecule has 19 heavy (non-hydrogen) atoms. The average molecular weight is 264 g/mol. The van der Waals surface area contributed by atoms with Gasteiger partial charge in [-0.15, -0.1) is 0 Å². The largest absolute Gasteiger partial charge is 0.336 e. The zero-order valence-electron chi connectivity index (χ0n) is 11.1. The van der Waals surface area contributed by atoms with Crippen LogP contribution in [0.25, 0.3) is 0 Å². The molecule has 0 aromatic heterocycles. The van der Waals surface area contributed by atoms with Gasteiger partial charge in [-0.05, 0) is 18.4 Å². The van der Waals surface area contributed by atoms with E-state index in [0.717, 1.165) is 19.3 Å². The van der Waals surface area contributed by atoms with Crippen LogP contribution in [0, 0.1) is 0 Å². The van der Waals surface area contributed by atoms with Gasteiger partial charge >= 0.3 is 6.03 Å². The fourth-order valence-corrected chi connectivity index (χ4v) is 2.78. The summed E-state index contributed by atoms with van der Waals surface area (Å²) in [5, 5.41) is 5.51. The Morgan fingerprint density at radius 2 is 1.95 bits per heavy atom. The SMILES string of the molecule is O=C(NCCF)NC1CCCCC1c1ccccc1. The van der Waals surface area contributed by atoms with Crippen molar-refractivity contribution >= 4 is 6.03 Å². The summed E-state index contributed by atoms with van der Waals surface area (Å²) < 4.78 is 12.0. The highest BCUT2D eigenvalue weighted by molar-refractivity contribution is 5.74. The maximum atomic E-state index is 12.0. The summed E-state index contributed by atoms with van der Waals surface area (Å²) in [6, 6.07) is 10.2. The number of hydrogen-bond acceptors (Lipinski definition) is 1. The van der Waals surface area contributed by atoms with E-state index in [4.69, 9.17) is 0 Å². The molecule has 3 nitrogen and oxygen atoms in total. The van der Waals surface area contributed by atoms with Crippen molar-refractivity contribution in [3.05, 3.63) is 35.9 Å². The fraction of sp³-hybridized carbons (Fsp3) is 0.533. The molecule has 1 aliphatic carbocycles. The second-order valence-electron chi connectivity index (χ2n) is 5.00. The van der Waals surface area contributed by atoms with Gasteiger partial charge in [-0.3, -0.25) is 0 Å². The number of carbonyl (C=O) groups excluding carboxylic acids is 1. The van der Waals surface area contributed by atoms with Crippen LogP contribution < -0.4 is 10.6 Å². The Kier molecular flexibility index (Phi) is 5.19. The Hall–Kier alpha value is -1.58. The predicted molar refractivity (Wildman–Crippen MR) is 73.9 cm³/mol. The number of carbonyl (C=O) groups is 1. The van der Waals surface area contributed by atoms with Gasteiger partial charge in [0.15, 0.2) is 0 Å². The quantitative estimate of drug-likeness (QED) is 0.862. The number of halogens is 1. The van der Waals surface area contributed by atoms with E-state index in [1.54, 1.807) is 0 Å². The van der Waals surface area contributed by atoms with Crippen LogP contribution in [0.4, 0.5) is 9.18 Å². The van der Waals surface area contributed by atoms with Gasteiger partial charge in [-0.25, -0.2) is 9.18 Å². The number of hydrogen-bond donors (Lipinski definition) is 2. The molecule has 2 unspecified atom stereocenters. The Balaban J connectivity index is 1.98. The monoisotopic (exact) mass is 264 g/mol. The highest BCUT2D eigenvalue weighted by Crippen LogP contribution is 2.32. The smallest absolute Gasteiger partial charge is 0.315 e. The van der Waals surface area contributed by atoms with Crippen LogP contribution in [0.1, 0.15) is 37.2 Å². The molecule has 1 aliphatic rings. The fourth-order valence-electron chi connectivity index (χ4n) is 2.78. The standard InChI is InChI=1S/C15H21FN2O/c16-10-11-17-15(19)18-14-9-5-4-8-13(14)12-6-2-1-3-7-12/h1-3,6-7,13-14H,4-5,8-11H2,(H2,17,18,19). The van der Waals surface area contributed by atoms with Gasteiger partial charge in [-0.1, -0.05) is 43.2 Å². The third-order valence-corrected chi connectivity index (χ3v) is 3.69. The first-order valence-electron chi connectivity index (χ1n) is 6.96. The molecule has 2 amide bonds. The molecular weight excluding hydrogens is 243 g/mol. The van der Waals surface area contributed by atoms with Crippen LogP contribution >= 0.6 is 0 Å². The molecule has 1 aromatic carbocycles. The van der Waals surface area contributed by atoms with E-state index in [1.165, 1.54) is 12.0 Å². The van der Waals surface area contributed by atoms with Gasteiger partial charge in [-0.2, -0.15) is 0 Å². The molecule has 2 rings (SSSR count). The lowest BCUT2D eigenvalue weighted by atomic mass is 9.80. The third kappa shape index (κ3) is 3.94. The number of nitrogens with one attached hydrogen (secondary N) is 2. The first kappa shape index (κ1) is 13.8. The van der Waals surface area contributed by atoms with Crippen LogP contribution in [-0.2, 0) is 0 Å². The summed E-state index contributed by atoms with van der Waals surface area (Å²) in [5.41, 5.74) is 1.28. The maximum absolute atomic E-state index is 12.0. The van der Waals surface area contributed by atoms with Crippen LogP contribution in [0.5, 0.6) is 0 Å². The highest BCUT2D eigenvalue weighted by Gasteiger charge is 2.27. The molecule has 104 valence electrons. The molecule has 0 heterocycles. The predicted octanol–water partition coefficient (Wildman–Crippen LogP) is 2.98. The van der Waals surface area contributed by atoms with E-state index < -0.39 is 6.67 Å². The van der Waals surface area contributed by atoms with Crippen LogP contribution in [-0.4, -0.2) is 25.3 Å². The topological polar surface area (TPSA) is 41.1 Å². The minimum Gasteiger partial charge on any atom is -0.336 e.